The molecule has 2 heterocycles. The van der Waals surface area contributed by atoms with Gasteiger partial charge in [-0.3, -0.25) is 9.88 Å². The monoisotopic (exact) mass is 305 g/mol. The molecular weight excluding hydrogens is 289 g/mol. The van der Waals surface area contributed by atoms with Gasteiger partial charge in [0, 0.05) is 29.8 Å². The lowest BCUT2D eigenvalue weighted by Gasteiger charge is -2.22. The summed E-state index contributed by atoms with van der Waals surface area (Å²) in [5, 5.41) is 0. The van der Waals surface area contributed by atoms with Crippen LogP contribution in [0.3, 0.4) is 0 Å². The fourth-order valence-electron chi connectivity index (χ4n) is 2.08. The van der Waals surface area contributed by atoms with Gasteiger partial charge in [0.2, 0.25) is 0 Å². The highest BCUT2D eigenvalue weighted by Gasteiger charge is 2.23. The lowest BCUT2D eigenvalue weighted by Crippen LogP contribution is -2.35. The molecule has 1 atom stereocenters. The third-order valence-electron chi connectivity index (χ3n) is 2.92. The van der Waals surface area contributed by atoms with Crippen molar-refractivity contribution < 1.29 is 0 Å². The van der Waals surface area contributed by atoms with Crippen LogP contribution >= 0.6 is 28.3 Å². The maximum atomic E-state index is 5.73. The number of hydrogen-bond acceptors (Lipinski definition) is 3. The molecule has 1 unspecified atom stereocenters. The van der Waals surface area contributed by atoms with Crippen LogP contribution < -0.4 is 5.73 Å². The van der Waals surface area contributed by atoms with Gasteiger partial charge < -0.3 is 5.73 Å². The highest BCUT2D eigenvalue weighted by atomic mass is 79.9. The van der Waals surface area contributed by atoms with E-state index in [0.717, 1.165) is 29.8 Å². The second-order valence-corrected chi connectivity index (χ2v) is 4.89. The smallest absolute Gasteiger partial charge is 0.0544 e. The molecule has 1 saturated heterocycles. The van der Waals surface area contributed by atoms with Crippen LogP contribution in [0, 0.1) is 0 Å². The van der Waals surface area contributed by atoms with Crippen LogP contribution in [0.1, 0.15) is 18.5 Å². The van der Waals surface area contributed by atoms with Gasteiger partial charge in [0.15, 0.2) is 0 Å². The number of halogens is 2. The SMILES string of the molecule is Cl.NCC1CCCN1Cc1ccc(Br)cn1. The van der Waals surface area contributed by atoms with Crippen molar-refractivity contribution in [1.29, 1.82) is 0 Å². The van der Waals surface area contributed by atoms with Gasteiger partial charge in [-0.15, -0.1) is 12.4 Å². The van der Waals surface area contributed by atoms with Gasteiger partial charge >= 0.3 is 0 Å². The van der Waals surface area contributed by atoms with E-state index in [1.54, 1.807) is 0 Å². The Balaban J connectivity index is 0.00000128. The van der Waals surface area contributed by atoms with Crippen LogP contribution in [-0.2, 0) is 6.54 Å². The quantitative estimate of drug-likeness (QED) is 0.931. The van der Waals surface area contributed by atoms with Crippen molar-refractivity contribution in [3.8, 4) is 0 Å². The molecule has 1 aliphatic rings. The summed E-state index contributed by atoms with van der Waals surface area (Å²) in [6.45, 7) is 2.84. The summed E-state index contributed by atoms with van der Waals surface area (Å²) in [6, 6.07) is 4.65. The molecule has 5 heteroatoms. The molecule has 1 aliphatic heterocycles. The fourth-order valence-corrected chi connectivity index (χ4v) is 2.31. The third-order valence-corrected chi connectivity index (χ3v) is 3.39. The van der Waals surface area contributed by atoms with E-state index in [9.17, 15) is 0 Å². The van der Waals surface area contributed by atoms with E-state index < -0.39 is 0 Å². The Morgan fingerprint density at radius 2 is 2.31 bits per heavy atom. The first-order valence-electron chi connectivity index (χ1n) is 5.34. The third kappa shape index (κ3) is 3.42. The van der Waals surface area contributed by atoms with E-state index in [1.165, 1.54) is 12.8 Å². The van der Waals surface area contributed by atoms with Crippen LogP contribution in [0.5, 0.6) is 0 Å². The lowest BCUT2D eigenvalue weighted by atomic mass is 10.2. The number of nitrogens with zero attached hydrogens (tertiary/aromatic N) is 2. The molecule has 0 aliphatic carbocycles. The number of rotatable bonds is 3. The van der Waals surface area contributed by atoms with Crippen LogP contribution in [0.25, 0.3) is 0 Å². The minimum atomic E-state index is 0. The van der Waals surface area contributed by atoms with E-state index in [0.29, 0.717) is 6.04 Å². The Morgan fingerprint density at radius 3 is 2.94 bits per heavy atom. The molecule has 16 heavy (non-hydrogen) atoms. The molecule has 2 N–H and O–H groups in total. The van der Waals surface area contributed by atoms with Crippen LogP contribution in [-0.4, -0.2) is 29.0 Å². The molecular formula is C11H17BrClN3. The summed E-state index contributed by atoms with van der Waals surface area (Å²) in [7, 11) is 0. The predicted molar refractivity (Wildman–Crippen MR) is 71.7 cm³/mol. The molecule has 1 aromatic rings. The minimum absolute atomic E-state index is 0. The van der Waals surface area contributed by atoms with Crippen molar-refractivity contribution in [2.75, 3.05) is 13.1 Å². The molecule has 0 spiro atoms. The van der Waals surface area contributed by atoms with Crippen molar-refractivity contribution in [3.05, 3.63) is 28.5 Å². The van der Waals surface area contributed by atoms with Crippen molar-refractivity contribution in [1.82, 2.24) is 9.88 Å². The lowest BCUT2D eigenvalue weighted by molar-refractivity contribution is 0.247. The van der Waals surface area contributed by atoms with Crippen molar-refractivity contribution in [2.24, 2.45) is 5.73 Å². The maximum absolute atomic E-state index is 5.73. The van der Waals surface area contributed by atoms with Gasteiger partial charge in [-0.25, -0.2) is 0 Å². The zero-order valence-electron chi connectivity index (χ0n) is 9.10. The topological polar surface area (TPSA) is 42.1 Å². The highest BCUT2D eigenvalue weighted by Crippen LogP contribution is 2.18. The summed E-state index contributed by atoms with van der Waals surface area (Å²) in [5.74, 6) is 0. The highest BCUT2D eigenvalue weighted by molar-refractivity contribution is 9.10. The average Bonchev–Trinajstić information content (AvgIpc) is 2.69. The number of aromatic nitrogens is 1. The predicted octanol–water partition coefficient (Wildman–Crippen LogP) is 2.19. The first-order chi connectivity index (χ1) is 7.29. The number of likely N-dealkylation sites (tertiary alicyclic amines) is 1. The number of nitrogens with two attached hydrogens (primary N) is 1. The van der Waals surface area contributed by atoms with Crippen molar-refractivity contribution >= 4 is 28.3 Å². The zero-order valence-corrected chi connectivity index (χ0v) is 11.5. The van der Waals surface area contributed by atoms with Gasteiger partial charge in [-0.05, 0) is 47.4 Å². The van der Waals surface area contributed by atoms with Gasteiger partial charge in [-0.1, -0.05) is 0 Å². The van der Waals surface area contributed by atoms with Crippen LogP contribution in [0.4, 0.5) is 0 Å². The average molecular weight is 307 g/mol. The molecule has 1 aromatic heterocycles. The largest absolute Gasteiger partial charge is 0.329 e. The Hall–Kier alpha value is -0.160. The van der Waals surface area contributed by atoms with E-state index >= 15 is 0 Å². The van der Waals surface area contributed by atoms with Crippen LogP contribution in [0.15, 0.2) is 22.8 Å². The number of pyridine rings is 1. The molecule has 1 fully saturated rings. The summed E-state index contributed by atoms with van der Waals surface area (Å²) in [4.78, 5) is 6.81. The second kappa shape index (κ2) is 6.55. The summed E-state index contributed by atoms with van der Waals surface area (Å²) < 4.78 is 1.03. The molecule has 0 saturated carbocycles. The molecule has 0 amide bonds. The van der Waals surface area contributed by atoms with Crippen molar-refractivity contribution in [3.63, 3.8) is 0 Å². The first kappa shape index (κ1) is 13.9. The van der Waals surface area contributed by atoms with E-state index in [-0.39, 0.29) is 12.4 Å². The van der Waals surface area contributed by atoms with E-state index in [1.807, 2.05) is 12.3 Å². The van der Waals surface area contributed by atoms with Crippen molar-refractivity contribution in [2.45, 2.75) is 25.4 Å². The first-order valence-corrected chi connectivity index (χ1v) is 6.13. The fraction of sp³-hybridized carbons (Fsp3) is 0.545. The van der Waals surface area contributed by atoms with Gasteiger partial charge in [-0.2, -0.15) is 0 Å². The Labute approximate surface area is 111 Å². The second-order valence-electron chi connectivity index (χ2n) is 3.97. The minimum Gasteiger partial charge on any atom is -0.329 e. The standard InChI is InChI=1S/C11H16BrN3.ClH/c12-9-3-4-10(14-7-9)8-15-5-1-2-11(15)6-13;/h3-4,7,11H,1-2,5-6,8,13H2;1H. The van der Waals surface area contributed by atoms with Crippen LogP contribution in [0.2, 0.25) is 0 Å². The molecule has 90 valence electrons. The number of hydrogen-bond donors (Lipinski definition) is 1. The molecule has 0 aromatic carbocycles. The Bertz CT molecular complexity index is 318. The zero-order chi connectivity index (χ0) is 10.7. The Kier molecular flexibility index (Phi) is 5.69. The van der Waals surface area contributed by atoms with Gasteiger partial charge in [0.25, 0.3) is 0 Å². The molecule has 0 bridgehead atoms. The molecule has 0 radical (unpaired) electrons. The van der Waals surface area contributed by atoms with Gasteiger partial charge in [0.05, 0.1) is 5.69 Å². The summed E-state index contributed by atoms with van der Waals surface area (Å²) in [6.07, 6.45) is 4.34. The summed E-state index contributed by atoms with van der Waals surface area (Å²) >= 11 is 3.39. The van der Waals surface area contributed by atoms with E-state index in [2.05, 4.69) is 31.9 Å². The Morgan fingerprint density at radius 1 is 1.50 bits per heavy atom. The maximum Gasteiger partial charge on any atom is 0.0544 e. The van der Waals surface area contributed by atoms with Gasteiger partial charge in [0.1, 0.15) is 0 Å². The van der Waals surface area contributed by atoms with E-state index in [4.69, 9.17) is 5.73 Å². The normalized spacial score (nSPS) is 20.8. The molecule has 3 nitrogen and oxygen atoms in total. The molecule has 2 rings (SSSR count). The summed E-state index contributed by atoms with van der Waals surface area (Å²) in [5.41, 5.74) is 6.86.